The molecule has 0 atom stereocenters. The molecule has 2 aliphatic rings. The Kier molecular flexibility index (Phi) is 5.19. The Morgan fingerprint density at radius 1 is 0.875 bits per heavy atom. The van der Waals surface area contributed by atoms with E-state index in [0.717, 1.165) is 17.8 Å². The van der Waals surface area contributed by atoms with Crippen LogP contribution in [0.2, 0.25) is 0 Å². The van der Waals surface area contributed by atoms with Gasteiger partial charge in [-0.1, -0.05) is 39.0 Å². The predicted molar refractivity (Wildman–Crippen MR) is 71.2 cm³/mol. The van der Waals surface area contributed by atoms with Gasteiger partial charge in [-0.05, 0) is 62.7 Å². The second kappa shape index (κ2) is 6.67. The van der Waals surface area contributed by atoms with Gasteiger partial charge in [0.2, 0.25) is 0 Å². The van der Waals surface area contributed by atoms with Crippen molar-refractivity contribution in [1.82, 2.24) is 0 Å². The van der Waals surface area contributed by atoms with Gasteiger partial charge in [-0.15, -0.1) is 0 Å². The molecule has 0 aliphatic heterocycles. The van der Waals surface area contributed by atoms with Crippen LogP contribution < -0.4 is 0 Å². The largest absolute Gasteiger partial charge is 0.0654 e. The van der Waals surface area contributed by atoms with Crippen LogP contribution in [0.1, 0.15) is 77.6 Å². The van der Waals surface area contributed by atoms with Crippen LogP contribution in [-0.4, -0.2) is 0 Å². The summed E-state index contributed by atoms with van der Waals surface area (Å²) in [4.78, 5) is 0. The van der Waals surface area contributed by atoms with Crippen LogP contribution in [0.25, 0.3) is 0 Å². The van der Waals surface area contributed by atoms with Crippen molar-refractivity contribution in [1.29, 1.82) is 0 Å². The molecular weight excluding hydrogens is 192 g/mol. The van der Waals surface area contributed by atoms with Crippen molar-refractivity contribution in [2.75, 3.05) is 0 Å². The molecule has 0 amide bonds. The van der Waals surface area contributed by atoms with E-state index in [0.29, 0.717) is 0 Å². The van der Waals surface area contributed by atoms with Gasteiger partial charge in [0.1, 0.15) is 0 Å². The first-order chi connectivity index (χ1) is 7.90. The number of rotatable bonds is 4. The lowest BCUT2D eigenvalue weighted by Crippen LogP contribution is -2.23. The summed E-state index contributed by atoms with van der Waals surface area (Å²) >= 11 is 0. The van der Waals surface area contributed by atoms with Crippen LogP contribution in [0.15, 0.2) is 0 Å². The monoisotopic (exact) mass is 221 g/mol. The molecule has 0 aromatic rings. The van der Waals surface area contributed by atoms with Gasteiger partial charge < -0.3 is 0 Å². The van der Waals surface area contributed by atoms with Gasteiger partial charge >= 0.3 is 0 Å². The molecule has 0 unspecified atom stereocenters. The van der Waals surface area contributed by atoms with Gasteiger partial charge in [-0.2, -0.15) is 0 Å². The van der Waals surface area contributed by atoms with Gasteiger partial charge in [-0.25, -0.2) is 0 Å². The minimum absolute atomic E-state index is 1.09. The Hall–Kier alpha value is 0. The van der Waals surface area contributed by atoms with Crippen LogP contribution in [0, 0.1) is 24.2 Å². The topological polar surface area (TPSA) is 0 Å². The standard InChI is InChI=1S/C16H29/c1-2-3-7-14-10-12-16(13-11-14)15-8-5-4-6-9-15/h4,14-16H,2-3,5-13H2,1H3. The van der Waals surface area contributed by atoms with Crippen LogP contribution in [0.3, 0.4) is 0 Å². The third kappa shape index (κ3) is 3.50. The Morgan fingerprint density at radius 3 is 2.12 bits per heavy atom. The van der Waals surface area contributed by atoms with E-state index in [9.17, 15) is 0 Å². The van der Waals surface area contributed by atoms with Crippen LogP contribution >= 0.6 is 0 Å². The first kappa shape index (κ1) is 12.5. The smallest absolute Gasteiger partial charge is 0.0386 e. The lowest BCUT2D eigenvalue weighted by molar-refractivity contribution is 0.172. The first-order valence-corrected chi connectivity index (χ1v) is 7.71. The Balaban J connectivity index is 1.67. The normalized spacial score (nSPS) is 32.8. The maximum Gasteiger partial charge on any atom is -0.0386 e. The van der Waals surface area contributed by atoms with Crippen molar-refractivity contribution in [2.45, 2.75) is 77.6 Å². The van der Waals surface area contributed by atoms with E-state index in [1.807, 2.05) is 0 Å². The molecular formula is C16H29. The zero-order valence-electron chi connectivity index (χ0n) is 11.1. The van der Waals surface area contributed by atoms with Gasteiger partial charge in [0.15, 0.2) is 0 Å². The number of hydrogen-bond donors (Lipinski definition) is 0. The quantitative estimate of drug-likeness (QED) is 0.598. The molecule has 0 aromatic heterocycles. The summed E-state index contributed by atoms with van der Waals surface area (Å²) < 4.78 is 0. The molecule has 16 heavy (non-hydrogen) atoms. The van der Waals surface area contributed by atoms with Gasteiger partial charge in [0.05, 0.1) is 0 Å². The van der Waals surface area contributed by atoms with E-state index >= 15 is 0 Å². The highest BCUT2D eigenvalue weighted by molar-refractivity contribution is 4.83. The summed E-state index contributed by atoms with van der Waals surface area (Å²) in [6.45, 7) is 2.32. The highest BCUT2D eigenvalue weighted by atomic mass is 14.3. The van der Waals surface area contributed by atoms with Gasteiger partial charge in [0, 0.05) is 0 Å². The van der Waals surface area contributed by atoms with Crippen molar-refractivity contribution in [3.05, 3.63) is 6.42 Å². The third-order valence-electron chi connectivity index (χ3n) is 5.01. The lowest BCUT2D eigenvalue weighted by Gasteiger charge is -2.35. The lowest BCUT2D eigenvalue weighted by atomic mass is 9.70. The molecule has 0 nitrogen and oxygen atoms in total. The van der Waals surface area contributed by atoms with E-state index in [1.165, 1.54) is 44.9 Å². The molecule has 93 valence electrons. The van der Waals surface area contributed by atoms with Crippen molar-refractivity contribution in [2.24, 2.45) is 17.8 Å². The number of unbranched alkanes of at least 4 members (excludes halogenated alkanes) is 1. The molecule has 0 heterocycles. The highest BCUT2D eigenvalue weighted by Crippen LogP contribution is 2.40. The predicted octanol–water partition coefficient (Wildman–Crippen LogP) is 5.38. The summed E-state index contributed by atoms with van der Waals surface area (Å²) in [7, 11) is 0. The molecule has 2 fully saturated rings. The summed E-state index contributed by atoms with van der Waals surface area (Å²) in [6, 6.07) is 0. The second-order valence-electron chi connectivity index (χ2n) is 6.13. The number of hydrogen-bond acceptors (Lipinski definition) is 0. The maximum atomic E-state index is 2.50. The summed E-state index contributed by atoms with van der Waals surface area (Å²) in [5.74, 6) is 3.29. The van der Waals surface area contributed by atoms with Crippen LogP contribution in [0.5, 0.6) is 0 Å². The molecule has 2 saturated carbocycles. The van der Waals surface area contributed by atoms with Gasteiger partial charge in [-0.3, -0.25) is 0 Å². The molecule has 2 rings (SSSR count). The molecule has 0 saturated heterocycles. The molecule has 0 aromatic carbocycles. The maximum absolute atomic E-state index is 2.50. The highest BCUT2D eigenvalue weighted by Gasteiger charge is 2.28. The van der Waals surface area contributed by atoms with Crippen molar-refractivity contribution in [3.63, 3.8) is 0 Å². The van der Waals surface area contributed by atoms with E-state index < -0.39 is 0 Å². The minimum Gasteiger partial charge on any atom is -0.0654 e. The van der Waals surface area contributed by atoms with Crippen LogP contribution in [-0.2, 0) is 0 Å². The molecule has 1 radical (unpaired) electrons. The fraction of sp³-hybridized carbons (Fsp3) is 0.938. The van der Waals surface area contributed by atoms with E-state index in [1.54, 1.807) is 25.7 Å². The fourth-order valence-electron chi connectivity index (χ4n) is 3.87. The zero-order valence-corrected chi connectivity index (χ0v) is 11.1. The fourth-order valence-corrected chi connectivity index (χ4v) is 3.87. The summed E-state index contributed by atoms with van der Waals surface area (Å²) in [6.07, 6.45) is 18.9. The van der Waals surface area contributed by atoms with E-state index in [2.05, 4.69) is 13.3 Å². The first-order valence-electron chi connectivity index (χ1n) is 7.71. The van der Waals surface area contributed by atoms with Crippen molar-refractivity contribution in [3.8, 4) is 0 Å². The average molecular weight is 221 g/mol. The molecule has 2 aliphatic carbocycles. The zero-order chi connectivity index (χ0) is 11.2. The minimum atomic E-state index is 1.09. The average Bonchev–Trinajstić information content (AvgIpc) is 2.38. The molecule has 0 bridgehead atoms. The Bertz CT molecular complexity index is 170. The van der Waals surface area contributed by atoms with E-state index in [4.69, 9.17) is 0 Å². The Labute approximate surface area is 102 Å². The van der Waals surface area contributed by atoms with Crippen LogP contribution in [0.4, 0.5) is 0 Å². The summed E-state index contributed by atoms with van der Waals surface area (Å²) in [5, 5.41) is 0. The van der Waals surface area contributed by atoms with Gasteiger partial charge in [0.25, 0.3) is 0 Å². The second-order valence-corrected chi connectivity index (χ2v) is 6.13. The molecule has 0 N–H and O–H groups in total. The molecule has 0 spiro atoms. The van der Waals surface area contributed by atoms with E-state index in [-0.39, 0.29) is 0 Å². The van der Waals surface area contributed by atoms with Crippen molar-refractivity contribution < 1.29 is 0 Å². The SMILES string of the molecule is CCCCC1CCC(C2CC[CH]CC2)CC1. The summed E-state index contributed by atoms with van der Waals surface area (Å²) in [5.41, 5.74) is 0. The molecule has 0 heteroatoms. The Morgan fingerprint density at radius 2 is 1.50 bits per heavy atom. The third-order valence-corrected chi connectivity index (χ3v) is 5.01. The van der Waals surface area contributed by atoms with Crippen molar-refractivity contribution >= 4 is 0 Å².